The summed E-state index contributed by atoms with van der Waals surface area (Å²) >= 11 is 0. The average Bonchev–Trinajstić information content (AvgIpc) is 2.16. The molecule has 1 aromatic rings. The van der Waals surface area contributed by atoms with Crippen molar-refractivity contribution in [2.75, 3.05) is 5.73 Å². The third-order valence-corrected chi connectivity index (χ3v) is 2.39. The van der Waals surface area contributed by atoms with Crippen LogP contribution in [-0.4, -0.2) is 11.1 Å². The van der Waals surface area contributed by atoms with Crippen molar-refractivity contribution >= 4 is 11.7 Å². The Morgan fingerprint density at radius 1 is 1.53 bits per heavy atom. The second-order valence-corrected chi connectivity index (χ2v) is 4.06. The van der Waals surface area contributed by atoms with Gasteiger partial charge < -0.3 is 10.8 Å². The zero-order chi connectivity index (χ0) is 11.6. The van der Waals surface area contributed by atoms with Crippen molar-refractivity contribution in [3.8, 4) is 0 Å². The molecule has 0 aliphatic rings. The van der Waals surface area contributed by atoms with E-state index in [9.17, 15) is 9.18 Å². The molecule has 82 valence electrons. The van der Waals surface area contributed by atoms with Gasteiger partial charge in [-0.25, -0.2) is 4.39 Å². The predicted octanol–water partition coefficient (Wildman–Crippen LogP) is 2.39. The molecule has 1 aromatic carbocycles. The fourth-order valence-corrected chi connectivity index (χ4v) is 1.24. The Bertz CT molecular complexity index is 377. The van der Waals surface area contributed by atoms with Crippen LogP contribution in [0.2, 0.25) is 0 Å². The highest BCUT2D eigenvalue weighted by atomic mass is 19.1. The Morgan fingerprint density at radius 3 is 2.60 bits per heavy atom. The number of carbonyl (C=O) groups is 1. The molecule has 1 rings (SSSR count). The van der Waals surface area contributed by atoms with E-state index in [-0.39, 0.29) is 0 Å². The maximum Gasteiger partial charge on any atom is 0.312 e. The van der Waals surface area contributed by atoms with E-state index in [4.69, 9.17) is 10.8 Å². The summed E-state index contributed by atoms with van der Waals surface area (Å²) in [5, 5.41) is 8.87. The Balaban J connectivity index is 3.04. The molecule has 0 radical (unpaired) electrons. The summed E-state index contributed by atoms with van der Waals surface area (Å²) < 4.78 is 13.9. The van der Waals surface area contributed by atoms with Crippen LogP contribution >= 0.6 is 0 Å². The van der Waals surface area contributed by atoms with Gasteiger partial charge in [-0.3, -0.25) is 4.79 Å². The standard InChI is InChI=1S/C11H14FNO2/c1-11(2,10(14)15)9(12)7-4-3-5-8(13)6-7/h3-6,9H,13H2,1-2H3,(H,14,15). The zero-order valence-corrected chi connectivity index (χ0v) is 8.70. The molecular weight excluding hydrogens is 197 g/mol. The number of hydrogen-bond donors (Lipinski definition) is 2. The lowest BCUT2D eigenvalue weighted by molar-refractivity contribution is -0.150. The normalized spacial score (nSPS) is 13.5. The predicted molar refractivity (Wildman–Crippen MR) is 56.1 cm³/mol. The Morgan fingerprint density at radius 2 is 2.13 bits per heavy atom. The van der Waals surface area contributed by atoms with E-state index in [2.05, 4.69) is 0 Å². The summed E-state index contributed by atoms with van der Waals surface area (Å²) in [5.74, 6) is -1.17. The van der Waals surface area contributed by atoms with Crippen LogP contribution in [0.15, 0.2) is 24.3 Å². The second-order valence-electron chi connectivity index (χ2n) is 4.06. The van der Waals surface area contributed by atoms with Crippen LogP contribution in [0, 0.1) is 5.41 Å². The molecule has 15 heavy (non-hydrogen) atoms. The topological polar surface area (TPSA) is 63.3 Å². The minimum Gasteiger partial charge on any atom is -0.481 e. The number of halogens is 1. The summed E-state index contributed by atoms with van der Waals surface area (Å²) in [7, 11) is 0. The van der Waals surface area contributed by atoms with Gasteiger partial charge in [0.25, 0.3) is 0 Å². The summed E-state index contributed by atoms with van der Waals surface area (Å²) in [5.41, 5.74) is 4.77. The van der Waals surface area contributed by atoms with Gasteiger partial charge in [-0.05, 0) is 31.5 Å². The fourth-order valence-electron chi connectivity index (χ4n) is 1.24. The molecule has 0 aromatic heterocycles. The summed E-state index contributed by atoms with van der Waals surface area (Å²) in [4.78, 5) is 10.8. The summed E-state index contributed by atoms with van der Waals surface area (Å²) in [6, 6.07) is 6.22. The SMILES string of the molecule is CC(C)(C(=O)O)C(F)c1cccc(N)c1. The van der Waals surface area contributed by atoms with Crippen molar-refractivity contribution in [3.05, 3.63) is 29.8 Å². The minimum absolute atomic E-state index is 0.294. The van der Waals surface area contributed by atoms with Gasteiger partial charge in [0.05, 0.1) is 5.41 Å². The van der Waals surface area contributed by atoms with Gasteiger partial charge in [0.1, 0.15) is 6.17 Å². The van der Waals surface area contributed by atoms with Crippen LogP contribution in [0.4, 0.5) is 10.1 Å². The van der Waals surface area contributed by atoms with Crippen LogP contribution in [-0.2, 0) is 4.79 Å². The van der Waals surface area contributed by atoms with Crippen LogP contribution in [0.5, 0.6) is 0 Å². The number of nitrogens with two attached hydrogens (primary N) is 1. The van der Waals surface area contributed by atoms with E-state index in [0.717, 1.165) is 0 Å². The highest BCUT2D eigenvalue weighted by molar-refractivity contribution is 5.74. The number of anilines is 1. The second kappa shape index (κ2) is 3.88. The molecule has 0 aliphatic carbocycles. The Kier molecular flexibility index (Phi) is 2.98. The molecule has 0 fully saturated rings. The van der Waals surface area contributed by atoms with Crippen molar-refractivity contribution in [3.63, 3.8) is 0 Å². The van der Waals surface area contributed by atoms with E-state index >= 15 is 0 Å². The molecule has 4 heteroatoms. The number of rotatable bonds is 3. The largest absolute Gasteiger partial charge is 0.481 e. The van der Waals surface area contributed by atoms with E-state index in [0.29, 0.717) is 11.3 Å². The number of hydrogen-bond acceptors (Lipinski definition) is 2. The first kappa shape index (κ1) is 11.5. The minimum atomic E-state index is -1.57. The van der Waals surface area contributed by atoms with Gasteiger partial charge >= 0.3 is 5.97 Å². The third kappa shape index (κ3) is 2.26. The van der Waals surface area contributed by atoms with Gasteiger partial charge in [0.15, 0.2) is 0 Å². The first-order valence-electron chi connectivity index (χ1n) is 4.58. The van der Waals surface area contributed by atoms with Crippen LogP contribution in [0.3, 0.4) is 0 Å². The van der Waals surface area contributed by atoms with E-state index in [1.807, 2.05) is 0 Å². The van der Waals surface area contributed by atoms with Crippen LogP contribution in [0.1, 0.15) is 25.6 Å². The van der Waals surface area contributed by atoms with Crippen molar-refractivity contribution in [2.45, 2.75) is 20.0 Å². The number of benzene rings is 1. The molecule has 0 bridgehead atoms. The van der Waals surface area contributed by atoms with Gasteiger partial charge in [-0.15, -0.1) is 0 Å². The maximum absolute atomic E-state index is 13.9. The van der Waals surface area contributed by atoms with Crippen molar-refractivity contribution < 1.29 is 14.3 Å². The maximum atomic E-state index is 13.9. The Labute approximate surface area is 87.7 Å². The van der Waals surface area contributed by atoms with Gasteiger partial charge in [0.2, 0.25) is 0 Å². The molecule has 0 saturated carbocycles. The number of carboxylic acid groups (broad SMARTS) is 1. The van der Waals surface area contributed by atoms with Gasteiger partial charge in [0, 0.05) is 5.69 Å². The van der Waals surface area contributed by atoms with Crippen molar-refractivity contribution in [2.24, 2.45) is 5.41 Å². The first-order chi connectivity index (χ1) is 6.85. The van der Waals surface area contributed by atoms with Crippen LogP contribution < -0.4 is 5.73 Å². The monoisotopic (exact) mass is 211 g/mol. The average molecular weight is 211 g/mol. The molecule has 0 aliphatic heterocycles. The van der Waals surface area contributed by atoms with Crippen molar-refractivity contribution in [1.82, 2.24) is 0 Å². The van der Waals surface area contributed by atoms with E-state index in [1.165, 1.54) is 26.0 Å². The van der Waals surface area contributed by atoms with Crippen molar-refractivity contribution in [1.29, 1.82) is 0 Å². The lowest BCUT2D eigenvalue weighted by Crippen LogP contribution is -2.29. The molecule has 0 spiro atoms. The highest BCUT2D eigenvalue weighted by Gasteiger charge is 2.38. The zero-order valence-electron chi connectivity index (χ0n) is 8.70. The first-order valence-corrected chi connectivity index (χ1v) is 4.58. The van der Waals surface area contributed by atoms with Crippen LogP contribution in [0.25, 0.3) is 0 Å². The number of nitrogen functional groups attached to an aromatic ring is 1. The highest BCUT2D eigenvalue weighted by Crippen LogP contribution is 2.37. The van der Waals surface area contributed by atoms with Gasteiger partial charge in [-0.2, -0.15) is 0 Å². The molecule has 3 nitrogen and oxygen atoms in total. The molecule has 1 atom stereocenters. The molecule has 0 heterocycles. The quantitative estimate of drug-likeness (QED) is 0.754. The molecule has 3 N–H and O–H groups in total. The molecular formula is C11H14FNO2. The lowest BCUT2D eigenvalue weighted by Gasteiger charge is -2.24. The summed E-state index contributed by atoms with van der Waals surface area (Å²) in [6.07, 6.45) is -1.57. The molecule has 1 unspecified atom stereocenters. The Hall–Kier alpha value is -1.58. The smallest absolute Gasteiger partial charge is 0.312 e. The van der Waals surface area contributed by atoms with Gasteiger partial charge in [-0.1, -0.05) is 12.1 Å². The fraction of sp³-hybridized carbons (Fsp3) is 0.364. The number of carboxylic acids is 1. The third-order valence-electron chi connectivity index (χ3n) is 2.39. The molecule has 0 saturated heterocycles. The lowest BCUT2D eigenvalue weighted by atomic mass is 9.84. The molecule has 0 amide bonds. The van der Waals surface area contributed by atoms with E-state index < -0.39 is 17.6 Å². The summed E-state index contributed by atoms with van der Waals surface area (Å²) in [6.45, 7) is 2.70. The number of alkyl halides is 1. The number of aliphatic carboxylic acids is 1. The van der Waals surface area contributed by atoms with E-state index in [1.54, 1.807) is 12.1 Å².